The minimum absolute atomic E-state index is 0.00858. The fraction of sp³-hybridized carbons (Fsp3) is 0.500. The van der Waals surface area contributed by atoms with Gasteiger partial charge >= 0.3 is 22.4 Å². The number of carboxylic acid groups (broad SMARTS) is 1. The first-order valence-electron chi connectivity index (χ1n) is 11.9. The summed E-state index contributed by atoms with van der Waals surface area (Å²) in [6.07, 6.45) is 0.264. The summed E-state index contributed by atoms with van der Waals surface area (Å²) in [7, 11) is -5.00. The zero-order chi connectivity index (χ0) is 29.9. The fourth-order valence-electron chi connectivity index (χ4n) is 3.84. The summed E-state index contributed by atoms with van der Waals surface area (Å²) in [5.41, 5.74) is 9.15. The average molecular weight is 616 g/mol. The molecule has 0 radical (unpaired) electrons. The van der Waals surface area contributed by atoms with Crippen LogP contribution < -0.4 is 16.8 Å². The molecule has 2 amide bonds. The lowest BCUT2D eigenvalue weighted by atomic mass is 9.84. The molecule has 0 spiro atoms. The van der Waals surface area contributed by atoms with Crippen molar-refractivity contribution >= 4 is 56.2 Å². The second-order valence-corrected chi connectivity index (χ2v) is 11.2. The number of rotatable bonds is 14. The number of Topliss-reactive ketones (excluding diaryl/α,β-unsaturated/α-hetero) is 1. The third-order valence-corrected chi connectivity index (χ3v) is 7.71. The Hall–Kier alpha value is -4.21. The molecule has 1 saturated heterocycles. The van der Waals surface area contributed by atoms with E-state index in [0.29, 0.717) is 0 Å². The Balaban J connectivity index is 1.50. The highest BCUT2D eigenvalue weighted by Crippen LogP contribution is 2.40. The number of carbonyl (C=O) groups excluding carboxylic acids is 3. The number of thiazole rings is 1. The first-order chi connectivity index (χ1) is 19.3. The van der Waals surface area contributed by atoms with Crippen molar-refractivity contribution in [2.75, 3.05) is 18.9 Å². The van der Waals surface area contributed by atoms with E-state index in [1.54, 1.807) is 0 Å². The molecular weight excluding hydrogens is 590 g/mol. The van der Waals surface area contributed by atoms with Crippen molar-refractivity contribution < 1.29 is 46.8 Å². The number of aromatic nitrogens is 4. The Bertz CT molecular complexity index is 1480. The molecule has 41 heavy (non-hydrogen) atoms. The van der Waals surface area contributed by atoms with Crippen LogP contribution in [0.2, 0.25) is 0 Å². The van der Waals surface area contributed by atoms with E-state index < -0.39 is 63.8 Å². The number of nitrogens with two attached hydrogens (primary N) is 2. The zero-order valence-electron chi connectivity index (χ0n) is 21.1. The zero-order valence-corrected chi connectivity index (χ0v) is 22.7. The number of anilines is 1. The average Bonchev–Trinajstić information content (AvgIpc) is 3.37. The highest BCUT2D eigenvalue weighted by atomic mass is 32.2. The first kappa shape index (κ1) is 29.8. The summed E-state index contributed by atoms with van der Waals surface area (Å²) < 4.78 is 38.4. The van der Waals surface area contributed by atoms with E-state index in [1.807, 2.05) is 0 Å². The molecule has 1 saturated carbocycles. The van der Waals surface area contributed by atoms with Crippen LogP contribution in [-0.4, -0.2) is 96.6 Å². The summed E-state index contributed by atoms with van der Waals surface area (Å²) >= 11 is 0.977. The molecule has 0 unspecified atom stereocenters. The van der Waals surface area contributed by atoms with Gasteiger partial charge in [-0.1, -0.05) is 5.16 Å². The molecule has 3 heterocycles. The van der Waals surface area contributed by atoms with Crippen LogP contribution in [0.5, 0.6) is 0 Å². The maximum absolute atomic E-state index is 13.3. The van der Waals surface area contributed by atoms with Gasteiger partial charge in [0.25, 0.3) is 0 Å². The number of ketones is 1. The minimum atomic E-state index is -5.00. The third-order valence-electron chi connectivity index (χ3n) is 6.09. The van der Waals surface area contributed by atoms with Gasteiger partial charge < -0.3 is 31.5 Å². The van der Waals surface area contributed by atoms with Gasteiger partial charge in [-0.3, -0.25) is 14.1 Å². The highest BCUT2D eigenvalue weighted by molar-refractivity contribution is 7.84. The number of amides is 2. The van der Waals surface area contributed by atoms with E-state index in [2.05, 4.69) is 25.7 Å². The standard InChI is InChI=1S/C20H25N9O10S2/c21-3-4-38-19(34)23-6-10-7-24-28(26-10)8-13-11(16(31)29(13)41(35,36)37)5-14(30)15(12-9-40-18(22)25-12)27-39-20(1-2-20)17(32)33/h7,9,11,13H,1-6,8,21H2,(H2,22,25)(H,23,34)(H,32,33)(H,35,36,37)/b27-15-/t11-,13+/m0/s1. The molecule has 2 aromatic heterocycles. The molecule has 2 aliphatic rings. The summed E-state index contributed by atoms with van der Waals surface area (Å²) in [6.45, 7) is -0.297. The number of oxime groups is 1. The maximum atomic E-state index is 13.3. The smallest absolute Gasteiger partial charge is 0.407 e. The van der Waals surface area contributed by atoms with Crippen LogP contribution in [0.15, 0.2) is 16.7 Å². The van der Waals surface area contributed by atoms with Crippen molar-refractivity contribution in [3.8, 4) is 0 Å². The number of carboxylic acids is 1. The summed E-state index contributed by atoms with van der Waals surface area (Å²) in [4.78, 5) is 59.2. The van der Waals surface area contributed by atoms with E-state index in [1.165, 1.54) is 11.6 Å². The number of carbonyl (C=O) groups is 4. The van der Waals surface area contributed by atoms with Crippen molar-refractivity contribution in [3.63, 3.8) is 0 Å². The quantitative estimate of drug-likeness (QED) is 0.0673. The Morgan fingerprint density at radius 3 is 2.63 bits per heavy atom. The number of hydrogen-bond acceptors (Lipinski definition) is 15. The second kappa shape index (κ2) is 11.7. The van der Waals surface area contributed by atoms with E-state index in [-0.39, 0.29) is 59.9 Å². The number of ether oxygens (including phenoxy) is 1. The van der Waals surface area contributed by atoms with Crippen LogP contribution in [0.4, 0.5) is 9.93 Å². The lowest BCUT2D eigenvalue weighted by Gasteiger charge is -2.43. The van der Waals surface area contributed by atoms with Crippen molar-refractivity contribution in [1.82, 2.24) is 29.6 Å². The number of β-lactam (4-membered cyclic amide) rings is 1. The molecule has 4 rings (SSSR count). The predicted octanol–water partition coefficient (Wildman–Crippen LogP) is -1.87. The Labute approximate surface area is 235 Å². The Morgan fingerprint density at radius 2 is 2.05 bits per heavy atom. The van der Waals surface area contributed by atoms with Gasteiger partial charge in [-0.05, 0) is 0 Å². The number of nitrogen functional groups attached to an aromatic ring is 1. The number of nitrogens with one attached hydrogen (secondary N) is 1. The van der Waals surface area contributed by atoms with Gasteiger partial charge in [-0.25, -0.2) is 18.9 Å². The monoisotopic (exact) mass is 615 g/mol. The van der Waals surface area contributed by atoms with E-state index >= 15 is 0 Å². The van der Waals surface area contributed by atoms with Gasteiger partial charge in [0.15, 0.2) is 16.6 Å². The normalized spacial score (nSPS) is 19.8. The topological polar surface area (TPSA) is 285 Å². The van der Waals surface area contributed by atoms with Gasteiger partial charge in [-0.2, -0.15) is 23.4 Å². The minimum Gasteiger partial charge on any atom is -0.478 e. The molecule has 21 heteroatoms. The van der Waals surface area contributed by atoms with Gasteiger partial charge in [0.05, 0.1) is 31.2 Å². The molecule has 0 aromatic carbocycles. The van der Waals surface area contributed by atoms with Crippen molar-refractivity contribution in [3.05, 3.63) is 23.0 Å². The van der Waals surface area contributed by atoms with Crippen LogP contribution in [0.3, 0.4) is 0 Å². The third kappa shape index (κ3) is 6.75. The van der Waals surface area contributed by atoms with Crippen LogP contribution in [0.1, 0.15) is 30.7 Å². The van der Waals surface area contributed by atoms with Gasteiger partial charge in [0.2, 0.25) is 11.5 Å². The molecule has 2 aromatic rings. The molecule has 1 aliphatic heterocycles. The van der Waals surface area contributed by atoms with Gasteiger partial charge in [0, 0.05) is 31.2 Å². The fourth-order valence-corrected chi connectivity index (χ4v) is 5.31. The van der Waals surface area contributed by atoms with Crippen molar-refractivity contribution in [2.24, 2.45) is 16.8 Å². The van der Waals surface area contributed by atoms with Crippen LogP contribution in [-0.2, 0) is 47.4 Å². The molecule has 0 bridgehead atoms. The van der Waals surface area contributed by atoms with Crippen LogP contribution in [0, 0.1) is 5.92 Å². The SMILES string of the molecule is NCCOC(=O)NCc1cnn(C[C@@H]2[C@H](CC(=O)/C(=N\OC3(C(=O)O)CC3)c3csc(N)n3)C(=O)N2S(=O)(=O)O)n1. The van der Waals surface area contributed by atoms with Crippen molar-refractivity contribution in [1.29, 1.82) is 0 Å². The Kier molecular flexibility index (Phi) is 8.51. The van der Waals surface area contributed by atoms with Gasteiger partial charge in [-0.15, -0.1) is 11.3 Å². The molecule has 2 atom stereocenters. The number of alkyl carbamates (subject to hydrolysis) is 1. The van der Waals surface area contributed by atoms with E-state index in [0.717, 1.165) is 16.1 Å². The van der Waals surface area contributed by atoms with Crippen molar-refractivity contribution in [2.45, 2.75) is 44.0 Å². The van der Waals surface area contributed by atoms with E-state index in [9.17, 15) is 37.3 Å². The molecule has 222 valence electrons. The Morgan fingerprint density at radius 1 is 1.32 bits per heavy atom. The van der Waals surface area contributed by atoms with Crippen LogP contribution >= 0.6 is 11.3 Å². The number of hydrogen-bond donors (Lipinski definition) is 5. The summed E-state index contributed by atoms with van der Waals surface area (Å²) in [6, 6.07) is -1.28. The summed E-state index contributed by atoms with van der Waals surface area (Å²) in [5.74, 6) is -4.41. The van der Waals surface area contributed by atoms with E-state index in [4.69, 9.17) is 21.0 Å². The molecule has 19 nitrogen and oxygen atoms in total. The van der Waals surface area contributed by atoms with Gasteiger partial charge in [0.1, 0.15) is 18.0 Å². The van der Waals surface area contributed by atoms with Crippen LogP contribution in [0.25, 0.3) is 0 Å². The first-order valence-corrected chi connectivity index (χ1v) is 14.2. The molecule has 2 fully saturated rings. The summed E-state index contributed by atoms with van der Waals surface area (Å²) in [5, 5.41) is 25.0. The molecular formula is C20H25N9O10S2. The lowest BCUT2D eigenvalue weighted by Crippen LogP contribution is -2.64. The lowest BCUT2D eigenvalue weighted by molar-refractivity contribution is -0.153. The second-order valence-electron chi connectivity index (χ2n) is 8.98. The number of aliphatic carboxylic acids is 1. The molecule has 7 N–H and O–H groups in total. The maximum Gasteiger partial charge on any atom is 0.407 e. The predicted molar refractivity (Wildman–Crippen MR) is 136 cm³/mol. The molecule has 1 aliphatic carbocycles. The highest BCUT2D eigenvalue weighted by Gasteiger charge is 2.56. The number of nitrogens with zero attached hydrogens (tertiary/aromatic N) is 6. The largest absolute Gasteiger partial charge is 0.478 e.